The van der Waals surface area contributed by atoms with Crippen molar-refractivity contribution in [2.24, 2.45) is 0 Å². The Hall–Kier alpha value is -3.42. The highest BCUT2D eigenvalue weighted by Gasteiger charge is 2.54. The standard InChI is InChI=1S/C35H55N9O21/c1-13-4-42(39-36-13)2-3-43-5-14(37-40-43)11-58-32-26(54)22(50)20(48)16(60-32)7-44-6-15(38-41-44)12-59-33-28(56)24(52)30(18(9-46)62-33)65-35-29(57)25(53)31(19(10-47)63-35)64-34-27(55)23(51)21(49)17(8-45)61-34/h4-6,16-35,45-57H,2-3,7-12H2,1H3/t16-,17?,18?,19?,20-,21-,22+,23+,24-,25-,26+,27?,28?,29?,30-,31-,32+,33-,34-,35-/m1/s1. The molecule has 30 nitrogen and oxygen atoms in total. The Morgan fingerprint density at radius 2 is 0.862 bits per heavy atom. The van der Waals surface area contributed by atoms with E-state index in [-0.39, 0.29) is 25.5 Å². The van der Waals surface area contributed by atoms with Crippen LogP contribution < -0.4 is 0 Å². The summed E-state index contributed by atoms with van der Waals surface area (Å²) in [4.78, 5) is 0. The average molecular weight is 938 g/mol. The molecule has 4 aliphatic rings. The predicted molar refractivity (Wildman–Crippen MR) is 200 cm³/mol. The second-order valence-corrected chi connectivity index (χ2v) is 16.0. The average Bonchev–Trinajstić information content (AvgIpc) is 4.07. The van der Waals surface area contributed by atoms with Gasteiger partial charge in [-0.2, -0.15) is 0 Å². The van der Waals surface area contributed by atoms with Crippen molar-refractivity contribution in [3.63, 3.8) is 0 Å². The van der Waals surface area contributed by atoms with Crippen LogP contribution in [0.15, 0.2) is 18.6 Å². The smallest absolute Gasteiger partial charge is 0.187 e. The van der Waals surface area contributed by atoms with Crippen LogP contribution in [0.25, 0.3) is 0 Å². The second-order valence-electron chi connectivity index (χ2n) is 16.0. The maximum atomic E-state index is 11.1. The van der Waals surface area contributed by atoms with Gasteiger partial charge >= 0.3 is 0 Å². The van der Waals surface area contributed by atoms with E-state index >= 15 is 0 Å². The van der Waals surface area contributed by atoms with E-state index < -0.39 is 143 Å². The minimum Gasteiger partial charge on any atom is -0.394 e. The molecule has 0 saturated carbocycles. The van der Waals surface area contributed by atoms with Crippen LogP contribution >= 0.6 is 0 Å². The lowest BCUT2D eigenvalue weighted by atomic mass is 9.96. The Morgan fingerprint density at radius 3 is 1.38 bits per heavy atom. The summed E-state index contributed by atoms with van der Waals surface area (Å²) in [6.07, 6.45) is -28.6. The van der Waals surface area contributed by atoms with E-state index in [1.54, 1.807) is 21.8 Å². The molecule has 13 N–H and O–H groups in total. The molecule has 0 bridgehead atoms. The summed E-state index contributed by atoms with van der Waals surface area (Å²) in [6, 6.07) is 0. The zero-order valence-electron chi connectivity index (χ0n) is 34.5. The number of hydrogen-bond acceptors (Lipinski definition) is 27. The molecule has 3 aromatic heterocycles. The first-order valence-corrected chi connectivity index (χ1v) is 20.5. The van der Waals surface area contributed by atoms with E-state index in [9.17, 15) is 66.4 Å². The van der Waals surface area contributed by atoms with Crippen molar-refractivity contribution in [3.05, 3.63) is 35.7 Å². The molecule has 0 amide bonds. The third-order valence-electron chi connectivity index (χ3n) is 11.3. The van der Waals surface area contributed by atoms with Gasteiger partial charge in [-0.15, -0.1) is 15.3 Å². The Labute approximate surface area is 367 Å². The fraction of sp³-hybridized carbons (Fsp3) is 0.829. The van der Waals surface area contributed by atoms with Gasteiger partial charge in [-0.05, 0) is 6.92 Å². The SMILES string of the molecule is Cc1cn(CCn2cc(CO[C@H]3O[C@H](Cn4cc(CO[C@@H]5OC(CO)[C@@H](O[C@H]6OC(CO)[C@@H](O[C@H]7OC(CO)[C@@H](O)[C@H](O)C7O)[C@H](O)C6O)[C@H](O)C5O)nn4)[C@@H](O)[C@H](O)[C@@H]3O)nn2)nn1. The molecule has 0 aliphatic carbocycles. The third-order valence-corrected chi connectivity index (χ3v) is 11.3. The van der Waals surface area contributed by atoms with Crippen LogP contribution in [-0.2, 0) is 70.7 Å². The van der Waals surface area contributed by atoms with Crippen LogP contribution in [0.5, 0.6) is 0 Å². The van der Waals surface area contributed by atoms with Crippen LogP contribution in [0.1, 0.15) is 17.1 Å². The number of aromatic nitrogens is 9. The molecule has 0 aromatic carbocycles. The van der Waals surface area contributed by atoms with Gasteiger partial charge in [0.15, 0.2) is 25.2 Å². The van der Waals surface area contributed by atoms with Gasteiger partial charge in [0.2, 0.25) is 0 Å². The van der Waals surface area contributed by atoms with Gasteiger partial charge < -0.3 is 104 Å². The molecule has 366 valence electrons. The lowest BCUT2D eigenvalue weighted by Crippen LogP contribution is -2.66. The highest BCUT2D eigenvalue weighted by molar-refractivity contribution is 4.98. The fourth-order valence-corrected chi connectivity index (χ4v) is 7.62. The summed E-state index contributed by atoms with van der Waals surface area (Å²) in [6.45, 7) is -0.479. The maximum absolute atomic E-state index is 11.1. The fourth-order valence-electron chi connectivity index (χ4n) is 7.62. The summed E-state index contributed by atoms with van der Waals surface area (Å²) < 4.78 is 49.4. The topological polar surface area (TPSA) is 429 Å². The number of aryl methyl sites for hydroxylation is 3. The molecule has 6 unspecified atom stereocenters. The number of aliphatic hydroxyl groups is 13. The number of ether oxygens (including phenoxy) is 8. The normalized spacial score (nSPS) is 40.3. The highest BCUT2D eigenvalue weighted by Crippen LogP contribution is 2.33. The minimum absolute atomic E-state index is 0.151. The number of hydrogen-bond donors (Lipinski definition) is 13. The molecule has 7 heterocycles. The summed E-state index contributed by atoms with van der Waals surface area (Å²) in [5.74, 6) is 0. The largest absolute Gasteiger partial charge is 0.394 e. The first-order valence-electron chi connectivity index (χ1n) is 20.5. The molecule has 30 heteroatoms. The van der Waals surface area contributed by atoms with E-state index in [4.69, 9.17) is 37.9 Å². The van der Waals surface area contributed by atoms with Crippen LogP contribution in [0.3, 0.4) is 0 Å². The molecule has 3 aromatic rings. The summed E-state index contributed by atoms with van der Waals surface area (Å²) in [5.41, 5.74) is 1.32. The lowest BCUT2D eigenvalue weighted by molar-refractivity contribution is -0.379. The lowest BCUT2D eigenvalue weighted by Gasteiger charge is -2.48. The first kappa shape index (κ1) is 49.5. The first-order chi connectivity index (χ1) is 31.1. The van der Waals surface area contributed by atoms with Crippen LogP contribution in [0.4, 0.5) is 0 Å². The van der Waals surface area contributed by atoms with E-state index in [1.165, 1.54) is 10.9 Å². The monoisotopic (exact) mass is 937 g/mol. The summed E-state index contributed by atoms with van der Waals surface area (Å²) in [7, 11) is 0. The maximum Gasteiger partial charge on any atom is 0.187 e. The number of nitrogens with zero attached hydrogens (tertiary/aromatic N) is 9. The van der Waals surface area contributed by atoms with E-state index in [0.29, 0.717) is 18.8 Å². The van der Waals surface area contributed by atoms with Gasteiger partial charge in [0.25, 0.3) is 0 Å². The Balaban J connectivity index is 0.893. The van der Waals surface area contributed by atoms with Crippen LogP contribution in [-0.4, -0.2) is 254 Å². The zero-order chi connectivity index (χ0) is 46.7. The van der Waals surface area contributed by atoms with Crippen molar-refractivity contribution in [1.29, 1.82) is 0 Å². The van der Waals surface area contributed by atoms with Crippen LogP contribution in [0, 0.1) is 6.92 Å². The van der Waals surface area contributed by atoms with Crippen molar-refractivity contribution >= 4 is 0 Å². The molecule has 4 fully saturated rings. The minimum atomic E-state index is -2.00. The van der Waals surface area contributed by atoms with Crippen molar-refractivity contribution in [2.75, 3.05) is 19.8 Å². The molecular formula is C35H55N9O21. The van der Waals surface area contributed by atoms with Gasteiger partial charge in [-0.1, -0.05) is 15.6 Å². The highest BCUT2D eigenvalue weighted by atomic mass is 16.8. The Kier molecular flexibility index (Phi) is 16.5. The quantitative estimate of drug-likeness (QED) is 0.0563. The van der Waals surface area contributed by atoms with Gasteiger partial charge in [-0.25, -0.2) is 4.68 Å². The molecule has 7 rings (SSSR count). The molecular weight excluding hydrogens is 882 g/mol. The second kappa shape index (κ2) is 21.7. The van der Waals surface area contributed by atoms with Crippen LogP contribution in [0.2, 0.25) is 0 Å². The van der Waals surface area contributed by atoms with Gasteiger partial charge in [0.1, 0.15) is 109 Å². The predicted octanol–water partition coefficient (Wildman–Crippen LogP) is -9.54. The van der Waals surface area contributed by atoms with Gasteiger partial charge in [0, 0.05) is 6.20 Å². The van der Waals surface area contributed by atoms with Crippen molar-refractivity contribution in [3.8, 4) is 0 Å². The van der Waals surface area contributed by atoms with E-state index in [1.807, 2.05) is 6.92 Å². The number of aliphatic hydroxyl groups excluding tert-OH is 13. The van der Waals surface area contributed by atoms with Crippen molar-refractivity contribution < 1.29 is 104 Å². The molecule has 4 aliphatic heterocycles. The third kappa shape index (κ3) is 11.1. The molecule has 0 radical (unpaired) electrons. The number of rotatable bonds is 18. The molecule has 0 spiro atoms. The van der Waals surface area contributed by atoms with E-state index in [0.717, 1.165) is 5.69 Å². The van der Waals surface area contributed by atoms with Crippen molar-refractivity contribution in [2.45, 2.75) is 163 Å². The van der Waals surface area contributed by atoms with Gasteiger partial charge in [-0.3, -0.25) is 9.36 Å². The molecule has 20 atom stereocenters. The Bertz CT molecular complexity index is 1930. The zero-order valence-corrected chi connectivity index (χ0v) is 34.5. The van der Waals surface area contributed by atoms with Gasteiger partial charge in [0.05, 0.1) is 70.8 Å². The Morgan fingerprint density at radius 1 is 0.462 bits per heavy atom. The molecule has 65 heavy (non-hydrogen) atoms. The summed E-state index contributed by atoms with van der Waals surface area (Å²) in [5, 5.41) is 160. The summed E-state index contributed by atoms with van der Waals surface area (Å²) >= 11 is 0. The van der Waals surface area contributed by atoms with Crippen molar-refractivity contribution in [1.82, 2.24) is 45.0 Å². The molecule has 4 saturated heterocycles. The van der Waals surface area contributed by atoms with E-state index in [2.05, 4.69) is 30.9 Å².